The van der Waals surface area contributed by atoms with Gasteiger partial charge in [0.25, 0.3) is 5.91 Å². The fourth-order valence-corrected chi connectivity index (χ4v) is 3.21. The van der Waals surface area contributed by atoms with E-state index in [1.54, 1.807) is 18.5 Å². The number of H-pyrrole nitrogens is 1. The molecule has 1 aromatic heterocycles. The first-order valence-corrected chi connectivity index (χ1v) is 8.67. The predicted octanol–water partition coefficient (Wildman–Crippen LogP) is 3.09. The highest BCUT2D eigenvalue weighted by Crippen LogP contribution is 2.41. The van der Waals surface area contributed by atoms with Gasteiger partial charge in [-0.3, -0.25) is 4.79 Å². The van der Waals surface area contributed by atoms with Crippen molar-refractivity contribution in [2.45, 2.75) is 25.9 Å². The average Bonchev–Trinajstić information content (AvgIpc) is 3.20. The van der Waals surface area contributed by atoms with Crippen molar-refractivity contribution in [3.8, 4) is 11.5 Å². The van der Waals surface area contributed by atoms with Gasteiger partial charge in [-0.05, 0) is 38.1 Å². The Kier molecular flexibility index (Phi) is 4.03. The SMILES string of the molecule is CC1(C)Cc2cccc(OCCNC(=O)c3ccc4nc[nH]c4c3)c2O1. The zero-order valence-corrected chi connectivity index (χ0v) is 14.8. The molecule has 0 atom stereocenters. The van der Waals surface area contributed by atoms with E-state index in [0.29, 0.717) is 18.7 Å². The molecule has 0 saturated carbocycles. The summed E-state index contributed by atoms with van der Waals surface area (Å²) in [6.07, 6.45) is 2.48. The van der Waals surface area contributed by atoms with E-state index < -0.39 is 0 Å². The lowest BCUT2D eigenvalue weighted by atomic mass is 10.0. The van der Waals surface area contributed by atoms with Crippen LogP contribution in [0.5, 0.6) is 11.5 Å². The van der Waals surface area contributed by atoms with E-state index in [1.807, 2.05) is 18.2 Å². The number of para-hydroxylation sites is 1. The summed E-state index contributed by atoms with van der Waals surface area (Å²) in [5.41, 5.74) is 3.22. The van der Waals surface area contributed by atoms with Crippen molar-refractivity contribution in [2.75, 3.05) is 13.2 Å². The summed E-state index contributed by atoms with van der Waals surface area (Å²) < 4.78 is 11.8. The van der Waals surface area contributed by atoms with Crippen LogP contribution in [-0.2, 0) is 6.42 Å². The van der Waals surface area contributed by atoms with E-state index in [9.17, 15) is 4.79 Å². The molecule has 2 aromatic carbocycles. The van der Waals surface area contributed by atoms with Crippen LogP contribution in [0, 0.1) is 0 Å². The minimum absolute atomic E-state index is 0.138. The molecule has 6 nitrogen and oxygen atoms in total. The third kappa shape index (κ3) is 3.22. The Bertz CT molecular complexity index is 962. The monoisotopic (exact) mass is 351 g/mol. The number of carbonyl (C=O) groups excluding carboxylic acids is 1. The smallest absolute Gasteiger partial charge is 0.251 e. The number of benzene rings is 2. The van der Waals surface area contributed by atoms with E-state index in [-0.39, 0.29) is 11.5 Å². The van der Waals surface area contributed by atoms with Gasteiger partial charge in [0.1, 0.15) is 12.2 Å². The molecule has 0 fully saturated rings. The second-order valence-electron chi connectivity index (χ2n) is 7.02. The summed E-state index contributed by atoms with van der Waals surface area (Å²) in [6.45, 7) is 4.91. The molecule has 1 amide bonds. The van der Waals surface area contributed by atoms with Crippen LogP contribution in [0.15, 0.2) is 42.7 Å². The maximum Gasteiger partial charge on any atom is 0.251 e. The minimum Gasteiger partial charge on any atom is -0.488 e. The number of imidazole rings is 1. The van der Waals surface area contributed by atoms with Gasteiger partial charge >= 0.3 is 0 Å². The van der Waals surface area contributed by atoms with Crippen LogP contribution in [-0.4, -0.2) is 34.6 Å². The molecule has 6 heteroatoms. The van der Waals surface area contributed by atoms with Crippen LogP contribution in [0.3, 0.4) is 0 Å². The standard InChI is InChI=1S/C20H21N3O3/c1-20(2)11-14-4-3-5-17(18(14)26-20)25-9-8-21-19(24)13-6-7-15-16(10-13)23-12-22-15/h3-7,10,12H,8-9,11H2,1-2H3,(H,21,24)(H,22,23). The molecule has 0 saturated heterocycles. The Hall–Kier alpha value is -3.02. The summed E-state index contributed by atoms with van der Waals surface area (Å²) in [7, 11) is 0. The van der Waals surface area contributed by atoms with Crippen molar-refractivity contribution in [3.63, 3.8) is 0 Å². The molecule has 2 heterocycles. The molecule has 0 aliphatic carbocycles. The first kappa shape index (κ1) is 16.4. The van der Waals surface area contributed by atoms with Crippen LogP contribution < -0.4 is 14.8 Å². The van der Waals surface area contributed by atoms with Crippen molar-refractivity contribution >= 4 is 16.9 Å². The Balaban J connectivity index is 1.33. The molecule has 4 rings (SSSR count). The third-order valence-electron chi connectivity index (χ3n) is 4.38. The number of nitrogens with one attached hydrogen (secondary N) is 2. The lowest BCUT2D eigenvalue weighted by Gasteiger charge is -2.18. The van der Waals surface area contributed by atoms with Crippen molar-refractivity contribution in [3.05, 3.63) is 53.9 Å². The lowest BCUT2D eigenvalue weighted by Crippen LogP contribution is -2.28. The molecular weight excluding hydrogens is 330 g/mol. The molecule has 2 N–H and O–H groups in total. The number of ether oxygens (including phenoxy) is 2. The maximum atomic E-state index is 12.3. The van der Waals surface area contributed by atoms with Crippen molar-refractivity contribution in [1.29, 1.82) is 0 Å². The molecule has 26 heavy (non-hydrogen) atoms. The summed E-state index contributed by atoms with van der Waals surface area (Å²) in [6, 6.07) is 11.3. The number of nitrogens with zero attached hydrogens (tertiary/aromatic N) is 1. The van der Waals surface area contributed by atoms with Crippen molar-refractivity contribution in [1.82, 2.24) is 15.3 Å². The maximum absolute atomic E-state index is 12.3. The molecular formula is C20H21N3O3. The number of aromatic nitrogens is 2. The van der Waals surface area contributed by atoms with Gasteiger partial charge in [-0.1, -0.05) is 12.1 Å². The topological polar surface area (TPSA) is 76.2 Å². The molecule has 1 aliphatic rings. The Labute approximate surface area is 151 Å². The number of amides is 1. The molecule has 3 aromatic rings. The lowest BCUT2D eigenvalue weighted by molar-refractivity contribution is 0.0946. The Morgan fingerprint density at radius 1 is 1.35 bits per heavy atom. The number of hydrogen-bond donors (Lipinski definition) is 2. The van der Waals surface area contributed by atoms with E-state index in [0.717, 1.165) is 34.5 Å². The summed E-state index contributed by atoms with van der Waals surface area (Å²) in [5.74, 6) is 1.40. The third-order valence-corrected chi connectivity index (χ3v) is 4.38. The second kappa shape index (κ2) is 6.37. The van der Waals surface area contributed by atoms with Gasteiger partial charge in [-0.15, -0.1) is 0 Å². The predicted molar refractivity (Wildman–Crippen MR) is 98.8 cm³/mol. The van der Waals surface area contributed by atoms with Gasteiger partial charge in [-0.25, -0.2) is 4.98 Å². The van der Waals surface area contributed by atoms with Crippen molar-refractivity contribution < 1.29 is 14.3 Å². The van der Waals surface area contributed by atoms with E-state index in [2.05, 4.69) is 35.2 Å². The number of fused-ring (bicyclic) bond motifs is 2. The highest BCUT2D eigenvalue weighted by molar-refractivity contribution is 5.97. The van der Waals surface area contributed by atoms with E-state index in [1.165, 1.54) is 0 Å². The second-order valence-corrected chi connectivity index (χ2v) is 7.02. The van der Waals surface area contributed by atoms with Gasteiger partial charge in [0, 0.05) is 17.5 Å². The van der Waals surface area contributed by atoms with Gasteiger partial charge in [0.05, 0.1) is 23.9 Å². The van der Waals surface area contributed by atoms with E-state index in [4.69, 9.17) is 9.47 Å². The number of hydrogen-bond acceptors (Lipinski definition) is 4. The van der Waals surface area contributed by atoms with Gasteiger partial charge in [-0.2, -0.15) is 0 Å². The van der Waals surface area contributed by atoms with E-state index >= 15 is 0 Å². The zero-order chi connectivity index (χ0) is 18.1. The normalized spacial score (nSPS) is 14.7. The Morgan fingerprint density at radius 2 is 2.23 bits per heavy atom. The highest BCUT2D eigenvalue weighted by Gasteiger charge is 2.32. The van der Waals surface area contributed by atoms with Crippen molar-refractivity contribution in [2.24, 2.45) is 0 Å². The largest absolute Gasteiger partial charge is 0.488 e. The van der Waals surface area contributed by atoms with Crippen LogP contribution in [0.1, 0.15) is 29.8 Å². The number of carbonyl (C=O) groups is 1. The fourth-order valence-electron chi connectivity index (χ4n) is 3.21. The zero-order valence-electron chi connectivity index (χ0n) is 14.8. The molecule has 1 aliphatic heterocycles. The first-order valence-electron chi connectivity index (χ1n) is 8.67. The molecule has 0 bridgehead atoms. The van der Waals surface area contributed by atoms with Gasteiger partial charge in [0.15, 0.2) is 11.5 Å². The van der Waals surface area contributed by atoms with Crippen LogP contribution in [0.4, 0.5) is 0 Å². The van der Waals surface area contributed by atoms with Crippen LogP contribution in [0.25, 0.3) is 11.0 Å². The van der Waals surface area contributed by atoms with Gasteiger partial charge < -0.3 is 19.8 Å². The van der Waals surface area contributed by atoms with Gasteiger partial charge in [0.2, 0.25) is 0 Å². The molecule has 134 valence electrons. The number of rotatable bonds is 5. The van der Waals surface area contributed by atoms with Crippen LogP contribution >= 0.6 is 0 Å². The average molecular weight is 351 g/mol. The highest BCUT2D eigenvalue weighted by atomic mass is 16.5. The quantitative estimate of drug-likeness (QED) is 0.693. The summed E-state index contributed by atoms with van der Waals surface area (Å²) in [5, 5.41) is 2.87. The Morgan fingerprint density at radius 3 is 3.12 bits per heavy atom. The van der Waals surface area contributed by atoms with Crippen LogP contribution in [0.2, 0.25) is 0 Å². The summed E-state index contributed by atoms with van der Waals surface area (Å²) in [4.78, 5) is 19.4. The molecule has 0 unspecified atom stereocenters. The first-order chi connectivity index (χ1) is 12.5. The minimum atomic E-state index is -0.207. The molecule has 0 spiro atoms. The molecule has 0 radical (unpaired) electrons. The fraction of sp³-hybridized carbons (Fsp3) is 0.300. The summed E-state index contributed by atoms with van der Waals surface area (Å²) >= 11 is 0. The number of aromatic amines is 1.